The molecule has 2 N–H and O–H groups in total. The number of allylic oxidation sites excluding steroid dienone is 1. The van der Waals surface area contributed by atoms with Crippen LogP contribution in [-0.2, 0) is 19.1 Å². The van der Waals surface area contributed by atoms with Crippen molar-refractivity contribution in [2.75, 3.05) is 7.11 Å². The topological polar surface area (TPSA) is 125 Å². The van der Waals surface area contributed by atoms with Gasteiger partial charge >= 0.3 is 17.9 Å². The molecule has 0 heterocycles. The first kappa shape index (κ1) is 28.1. The van der Waals surface area contributed by atoms with Gasteiger partial charge in [-0.05, 0) is 20.8 Å². The number of nitrogens with zero attached hydrogens (tertiary/aromatic N) is 1. The van der Waals surface area contributed by atoms with Crippen molar-refractivity contribution in [1.29, 1.82) is 5.26 Å². The minimum absolute atomic E-state index is 0.176. The number of carboxylic acids is 2. The van der Waals surface area contributed by atoms with Crippen molar-refractivity contribution in [2.24, 2.45) is 0 Å². The summed E-state index contributed by atoms with van der Waals surface area (Å²) in [5.74, 6) is -2.22. The molecule has 0 atom stereocenters. The number of hydrogen-bond donors (Lipinski definition) is 2. The highest BCUT2D eigenvalue weighted by molar-refractivity contribution is 5.86. The van der Waals surface area contributed by atoms with Crippen LogP contribution < -0.4 is 0 Å². The summed E-state index contributed by atoms with van der Waals surface area (Å²) in [4.78, 5) is 29.4. The van der Waals surface area contributed by atoms with Gasteiger partial charge in [0, 0.05) is 22.8 Å². The maximum Gasteiger partial charge on any atom is 0.332 e. The third kappa shape index (κ3) is 38.1. The predicted octanol–water partition coefficient (Wildman–Crippen LogP) is 2.73. The summed E-state index contributed by atoms with van der Waals surface area (Å²) < 4.78 is 4.27. The Morgan fingerprint density at radius 3 is 1.17 bits per heavy atom. The van der Waals surface area contributed by atoms with Crippen molar-refractivity contribution in [3.63, 3.8) is 0 Å². The number of carbonyl (C=O) groups excluding carboxylic acids is 1. The van der Waals surface area contributed by atoms with Crippen molar-refractivity contribution in [1.82, 2.24) is 0 Å². The third-order valence-electron chi connectivity index (χ3n) is 1.36. The largest absolute Gasteiger partial charge is 0.478 e. The first-order valence-corrected chi connectivity index (χ1v) is 5.90. The van der Waals surface area contributed by atoms with Crippen LogP contribution >= 0.6 is 0 Å². The predicted molar refractivity (Wildman–Crippen MR) is 87.5 cm³/mol. The van der Waals surface area contributed by atoms with Crippen LogP contribution in [0.3, 0.4) is 0 Å². The lowest BCUT2D eigenvalue weighted by atomic mass is 10.4. The van der Waals surface area contributed by atoms with Crippen LogP contribution in [0.15, 0.2) is 49.1 Å². The number of aliphatic carboxylic acids is 2. The minimum atomic E-state index is -0.935. The highest BCUT2D eigenvalue weighted by Crippen LogP contribution is 1.87. The maximum absolute atomic E-state index is 10.2. The van der Waals surface area contributed by atoms with Gasteiger partial charge < -0.3 is 14.9 Å². The van der Waals surface area contributed by atoms with Gasteiger partial charge in [-0.2, -0.15) is 5.26 Å². The molecule has 0 saturated carbocycles. The molecule has 0 aliphatic heterocycles. The van der Waals surface area contributed by atoms with Crippen LogP contribution in [0.25, 0.3) is 0 Å². The molecular formula is C16H23NO6. The zero-order chi connectivity index (χ0) is 19.6. The molecule has 7 nitrogen and oxygen atoms in total. The number of rotatable bonds is 3. The molecule has 0 amide bonds. The SMILES string of the molecule is C=C(C)C(=O)O.C=C(C)C(=O)O.C=C(C)C(=O)OC.C=CC#N. The van der Waals surface area contributed by atoms with E-state index in [0.29, 0.717) is 5.57 Å². The average molecular weight is 325 g/mol. The van der Waals surface area contributed by atoms with Gasteiger partial charge in [0.05, 0.1) is 13.2 Å². The Hall–Kier alpha value is -3.14. The normalized spacial score (nSPS) is 6.91. The van der Waals surface area contributed by atoms with Crippen molar-refractivity contribution in [3.8, 4) is 6.07 Å². The summed E-state index contributed by atoms with van der Waals surface area (Å²) in [7, 11) is 1.33. The highest BCUT2D eigenvalue weighted by atomic mass is 16.5. The van der Waals surface area contributed by atoms with Crippen LogP contribution in [0.5, 0.6) is 0 Å². The quantitative estimate of drug-likeness (QED) is 0.464. The van der Waals surface area contributed by atoms with Gasteiger partial charge in [-0.15, -0.1) is 0 Å². The second-order valence-corrected chi connectivity index (χ2v) is 3.78. The van der Waals surface area contributed by atoms with Crippen LogP contribution in [0.1, 0.15) is 20.8 Å². The van der Waals surface area contributed by atoms with E-state index in [4.69, 9.17) is 15.5 Å². The second-order valence-electron chi connectivity index (χ2n) is 3.78. The molecule has 0 aromatic rings. The van der Waals surface area contributed by atoms with E-state index >= 15 is 0 Å². The van der Waals surface area contributed by atoms with E-state index in [1.165, 1.54) is 27.0 Å². The van der Waals surface area contributed by atoms with Crippen LogP contribution in [-0.4, -0.2) is 35.2 Å². The van der Waals surface area contributed by atoms with E-state index in [2.05, 4.69) is 31.1 Å². The van der Waals surface area contributed by atoms with E-state index in [-0.39, 0.29) is 17.1 Å². The highest BCUT2D eigenvalue weighted by Gasteiger charge is 1.95. The summed E-state index contributed by atoms with van der Waals surface area (Å²) in [6, 6.07) is 1.69. The molecule has 0 aliphatic carbocycles. The first-order valence-electron chi connectivity index (χ1n) is 5.90. The van der Waals surface area contributed by atoms with E-state index in [1.807, 2.05) is 0 Å². The van der Waals surface area contributed by atoms with E-state index < -0.39 is 11.9 Å². The number of hydrogen-bond acceptors (Lipinski definition) is 5. The number of carbonyl (C=O) groups is 3. The lowest BCUT2D eigenvalue weighted by molar-refractivity contribution is -0.136. The zero-order valence-electron chi connectivity index (χ0n) is 13.9. The summed E-state index contributed by atoms with van der Waals surface area (Å²) in [6.07, 6.45) is 1.18. The molecule has 0 aliphatic rings. The molecule has 0 unspecified atom stereocenters. The van der Waals surface area contributed by atoms with Gasteiger partial charge in [0.25, 0.3) is 0 Å². The molecule has 0 spiro atoms. The molecule has 0 bridgehead atoms. The van der Waals surface area contributed by atoms with Crippen LogP contribution in [0.4, 0.5) is 0 Å². The van der Waals surface area contributed by atoms with Crippen molar-refractivity contribution < 1.29 is 29.3 Å². The fraction of sp³-hybridized carbons (Fsp3) is 0.250. The molecule has 7 heteroatoms. The third-order valence-corrected chi connectivity index (χ3v) is 1.36. The summed E-state index contributed by atoms with van der Waals surface area (Å²) in [6.45, 7) is 17.3. The van der Waals surface area contributed by atoms with E-state index in [9.17, 15) is 14.4 Å². The molecule has 0 fully saturated rings. The molecule has 0 saturated heterocycles. The van der Waals surface area contributed by atoms with Crippen molar-refractivity contribution in [3.05, 3.63) is 49.1 Å². The Morgan fingerprint density at radius 1 is 0.957 bits per heavy atom. The molecule has 0 aromatic carbocycles. The maximum atomic E-state index is 10.2. The molecule has 128 valence electrons. The number of ether oxygens (including phenoxy) is 1. The fourth-order valence-corrected chi connectivity index (χ4v) is 0.174. The van der Waals surface area contributed by atoms with E-state index in [0.717, 1.165) is 0 Å². The van der Waals surface area contributed by atoms with E-state index in [1.54, 1.807) is 13.0 Å². The van der Waals surface area contributed by atoms with Crippen molar-refractivity contribution >= 4 is 17.9 Å². The number of carboxylic acid groups (broad SMARTS) is 2. The van der Waals surface area contributed by atoms with Gasteiger partial charge in [-0.1, -0.05) is 26.3 Å². The Morgan fingerprint density at radius 2 is 1.17 bits per heavy atom. The summed E-state index contributed by atoms with van der Waals surface area (Å²) in [5.41, 5.74) is 0.785. The van der Waals surface area contributed by atoms with Gasteiger partial charge in [0.2, 0.25) is 0 Å². The Kier molecular flexibility index (Phi) is 23.0. The van der Waals surface area contributed by atoms with Crippen molar-refractivity contribution in [2.45, 2.75) is 20.8 Å². The second kappa shape index (κ2) is 18.9. The Bertz CT molecular complexity index is 449. The van der Waals surface area contributed by atoms with Crippen LogP contribution in [0.2, 0.25) is 0 Å². The summed E-state index contributed by atoms with van der Waals surface area (Å²) >= 11 is 0. The monoisotopic (exact) mass is 325 g/mol. The number of esters is 1. The standard InChI is InChI=1S/C5H8O2.2C4H6O2.C3H3N/c1-4(2)5(6)7-3;2*1-3(2)4(5)6;1-2-3-4/h1H2,2-3H3;2*1H2,2H3,(H,5,6);2H,1H2. The molecule has 23 heavy (non-hydrogen) atoms. The van der Waals surface area contributed by atoms with Gasteiger partial charge in [0.1, 0.15) is 0 Å². The van der Waals surface area contributed by atoms with Gasteiger partial charge in [-0.25, -0.2) is 14.4 Å². The van der Waals surface area contributed by atoms with Gasteiger partial charge in [-0.3, -0.25) is 0 Å². The van der Waals surface area contributed by atoms with Crippen LogP contribution in [0, 0.1) is 11.3 Å². The Balaban J connectivity index is -0.000000107. The molecule has 0 aromatic heterocycles. The average Bonchev–Trinajstić information content (AvgIpc) is 2.47. The first-order chi connectivity index (χ1) is 10.4. The number of methoxy groups -OCH3 is 1. The lowest BCUT2D eigenvalue weighted by Crippen LogP contribution is -1.98. The molecular weight excluding hydrogens is 302 g/mol. The molecule has 0 rings (SSSR count). The lowest BCUT2D eigenvalue weighted by Gasteiger charge is -1.91. The Labute approximate surface area is 136 Å². The number of nitriles is 1. The minimum Gasteiger partial charge on any atom is -0.478 e. The smallest absolute Gasteiger partial charge is 0.332 e. The summed E-state index contributed by atoms with van der Waals surface area (Å²) in [5, 5.41) is 23.3. The fourth-order valence-electron chi connectivity index (χ4n) is 0.174. The van der Waals surface area contributed by atoms with Gasteiger partial charge in [0.15, 0.2) is 0 Å². The molecule has 0 radical (unpaired) electrons. The zero-order valence-corrected chi connectivity index (χ0v) is 13.9.